The summed E-state index contributed by atoms with van der Waals surface area (Å²) in [5.74, 6) is 2.20. The summed E-state index contributed by atoms with van der Waals surface area (Å²) in [6, 6.07) is 9.24. The maximum atomic E-state index is 12.9. The number of hydrogen-bond donors (Lipinski definition) is 1. The highest BCUT2D eigenvalue weighted by Crippen LogP contribution is 2.31. The third-order valence-electron chi connectivity index (χ3n) is 4.91. The van der Waals surface area contributed by atoms with Crippen molar-refractivity contribution < 1.29 is 19.1 Å². The molecule has 0 bridgehead atoms. The zero-order chi connectivity index (χ0) is 21.4. The van der Waals surface area contributed by atoms with Gasteiger partial charge in [-0.15, -0.1) is 0 Å². The minimum atomic E-state index is -0.697. The number of amides is 2. The van der Waals surface area contributed by atoms with Crippen LogP contribution in [0.15, 0.2) is 30.3 Å². The number of carbonyl (C=O) groups excluding carboxylic acids is 2. The van der Waals surface area contributed by atoms with Crippen molar-refractivity contribution in [3.63, 3.8) is 0 Å². The molecule has 0 aromatic heterocycles. The lowest BCUT2D eigenvalue weighted by molar-refractivity contribution is 0.00565. The lowest BCUT2D eigenvalue weighted by atomic mass is 9.82. The molecule has 0 heterocycles. The molecule has 29 heavy (non-hydrogen) atoms. The van der Waals surface area contributed by atoms with Gasteiger partial charge in [-0.3, -0.25) is 0 Å². The first-order valence-corrected chi connectivity index (χ1v) is 11.4. The van der Waals surface area contributed by atoms with Crippen LogP contribution in [0.25, 0.3) is 0 Å². The SMILES string of the molecule is CCSCC1CC(N(C(=O)OCc2ccccc2)C(=O)OC(C)(C)C)CCC1N. The molecule has 1 aliphatic carbocycles. The number of benzene rings is 1. The monoisotopic (exact) mass is 422 g/mol. The van der Waals surface area contributed by atoms with Gasteiger partial charge < -0.3 is 15.2 Å². The van der Waals surface area contributed by atoms with E-state index in [1.807, 2.05) is 42.1 Å². The minimum Gasteiger partial charge on any atom is -0.444 e. The van der Waals surface area contributed by atoms with Crippen molar-refractivity contribution >= 4 is 23.9 Å². The maximum Gasteiger partial charge on any atom is 0.420 e. The first kappa shape index (κ1) is 23.5. The third kappa shape index (κ3) is 7.55. The second-order valence-electron chi connectivity index (χ2n) is 8.44. The van der Waals surface area contributed by atoms with Crippen molar-refractivity contribution in [2.45, 2.75) is 71.2 Å². The van der Waals surface area contributed by atoms with E-state index in [1.54, 1.807) is 20.8 Å². The van der Waals surface area contributed by atoms with Gasteiger partial charge in [-0.25, -0.2) is 14.5 Å². The van der Waals surface area contributed by atoms with Crippen LogP contribution in [0.1, 0.15) is 52.5 Å². The molecule has 3 unspecified atom stereocenters. The Morgan fingerprint density at radius 2 is 1.86 bits per heavy atom. The minimum absolute atomic E-state index is 0.0890. The van der Waals surface area contributed by atoms with Crippen LogP contribution in [0.4, 0.5) is 9.59 Å². The van der Waals surface area contributed by atoms with E-state index in [4.69, 9.17) is 15.2 Å². The molecule has 2 N–H and O–H groups in total. The smallest absolute Gasteiger partial charge is 0.420 e. The fraction of sp³-hybridized carbons (Fsp3) is 0.636. The summed E-state index contributed by atoms with van der Waals surface area (Å²) in [6.45, 7) is 7.59. The molecule has 0 aliphatic heterocycles. The van der Waals surface area contributed by atoms with Crippen molar-refractivity contribution in [1.29, 1.82) is 0 Å². The Bertz CT molecular complexity index is 663. The van der Waals surface area contributed by atoms with E-state index in [0.29, 0.717) is 12.8 Å². The molecule has 1 aliphatic rings. The Hall–Kier alpha value is -1.73. The molecule has 1 fully saturated rings. The normalized spacial score (nSPS) is 22.0. The molecule has 0 saturated heterocycles. The molecule has 6 nitrogen and oxygen atoms in total. The van der Waals surface area contributed by atoms with Crippen molar-refractivity contribution in [3.8, 4) is 0 Å². The molecule has 162 valence electrons. The second kappa shape index (κ2) is 10.9. The van der Waals surface area contributed by atoms with E-state index in [9.17, 15) is 9.59 Å². The number of imide groups is 1. The lowest BCUT2D eigenvalue weighted by Gasteiger charge is -2.39. The number of ether oxygens (including phenoxy) is 2. The zero-order valence-corrected chi connectivity index (χ0v) is 18.7. The van der Waals surface area contributed by atoms with Gasteiger partial charge in [0, 0.05) is 12.1 Å². The van der Waals surface area contributed by atoms with Crippen LogP contribution in [-0.2, 0) is 16.1 Å². The van der Waals surface area contributed by atoms with E-state index in [0.717, 1.165) is 23.5 Å². The fourth-order valence-electron chi connectivity index (χ4n) is 3.43. The van der Waals surface area contributed by atoms with E-state index >= 15 is 0 Å². The van der Waals surface area contributed by atoms with Gasteiger partial charge in [0.2, 0.25) is 0 Å². The molecule has 0 radical (unpaired) electrons. The summed E-state index contributed by atoms with van der Waals surface area (Å²) >= 11 is 1.84. The van der Waals surface area contributed by atoms with Gasteiger partial charge >= 0.3 is 12.2 Å². The Morgan fingerprint density at radius 3 is 2.48 bits per heavy atom. The number of nitrogens with two attached hydrogens (primary N) is 1. The van der Waals surface area contributed by atoms with Crippen LogP contribution < -0.4 is 5.73 Å². The van der Waals surface area contributed by atoms with Crippen LogP contribution in [0.2, 0.25) is 0 Å². The number of rotatable bonds is 6. The summed E-state index contributed by atoms with van der Waals surface area (Å²) in [5, 5.41) is 0. The first-order chi connectivity index (χ1) is 13.7. The number of hydrogen-bond acceptors (Lipinski definition) is 6. The van der Waals surface area contributed by atoms with Crippen LogP contribution in [0.5, 0.6) is 0 Å². The van der Waals surface area contributed by atoms with Gasteiger partial charge in [-0.05, 0) is 63.0 Å². The Balaban J connectivity index is 2.13. The Labute approximate surface area is 178 Å². The third-order valence-corrected chi connectivity index (χ3v) is 5.98. The summed E-state index contributed by atoms with van der Waals surface area (Å²) in [7, 11) is 0. The van der Waals surface area contributed by atoms with Crippen LogP contribution >= 0.6 is 11.8 Å². The standard InChI is InChI=1S/C22H34N2O4S/c1-5-29-15-17-13-18(11-12-19(17)23)24(21(26)28-22(2,3)4)20(25)27-14-16-9-7-6-8-10-16/h6-10,17-19H,5,11-15,23H2,1-4H3. The summed E-state index contributed by atoms with van der Waals surface area (Å²) in [4.78, 5) is 27.0. The molecule has 1 aromatic rings. The highest BCUT2D eigenvalue weighted by molar-refractivity contribution is 7.99. The Morgan fingerprint density at radius 1 is 1.17 bits per heavy atom. The molecule has 1 aromatic carbocycles. The van der Waals surface area contributed by atoms with Gasteiger partial charge in [0.15, 0.2) is 0 Å². The predicted octanol–water partition coefficient (Wildman–Crippen LogP) is 4.81. The predicted molar refractivity (Wildman–Crippen MR) is 117 cm³/mol. The van der Waals surface area contributed by atoms with Gasteiger partial charge in [0.1, 0.15) is 12.2 Å². The average Bonchev–Trinajstić information content (AvgIpc) is 2.66. The van der Waals surface area contributed by atoms with Gasteiger partial charge in [0.05, 0.1) is 0 Å². The van der Waals surface area contributed by atoms with E-state index < -0.39 is 17.8 Å². The molecule has 2 amide bonds. The van der Waals surface area contributed by atoms with Crippen molar-refractivity contribution in [2.75, 3.05) is 11.5 Å². The summed E-state index contributed by atoms with van der Waals surface area (Å²) < 4.78 is 11.0. The van der Waals surface area contributed by atoms with Crippen molar-refractivity contribution in [1.82, 2.24) is 4.90 Å². The zero-order valence-electron chi connectivity index (χ0n) is 17.9. The van der Waals surface area contributed by atoms with Gasteiger partial charge in [-0.1, -0.05) is 37.3 Å². The largest absolute Gasteiger partial charge is 0.444 e. The van der Waals surface area contributed by atoms with E-state index in [2.05, 4.69) is 6.92 Å². The molecule has 3 atom stereocenters. The average molecular weight is 423 g/mol. The highest BCUT2D eigenvalue weighted by Gasteiger charge is 2.39. The van der Waals surface area contributed by atoms with Crippen LogP contribution in [-0.4, -0.2) is 46.3 Å². The van der Waals surface area contributed by atoms with Crippen LogP contribution in [0, 0.1) is 5.92 Å². The molecular formula is C22H34N2O4S. The lowest BCUT2D eigenvalue weighted by Crippen LogP contribution is -2.52. The molecular weight excluding hydrogens is 388 g/mol. The molecule has 2 rings (SSSR count). The van der Waals surface area contributed by atoms with Crippen LogP contribution in [0.3, 0.4) is 0 Å². The van der Waals surface area contributed by atoms with Crippen molar-refractivity contribution in [3.05, 3.63) is 35.9 Å². The van der Waals surface area contributed by atoms with E-state index in [1.165, 1.54) is 4.90 Å². The number of thioether (sulfide) groups is 1. The first-order valence-electron chi connectivity index (χ1n) is 10.3. The van der Waals surface area contributed by atoms with E-state index in [-0.39, 0.29) is 24.6 Å². The number of nitrogens with zero attached hydrogens (tertiary/aromatic N) is 1. The van der Waals surface area contributed by atoms with Crippen molar-refractivity contribution in [2.24, 2.45) is 11.7 Å². The number of carbonyl (C=O) groups is 2. The topological polar surface area (TPSA) is 81.9 Å². The molecule has 1 saturated carbocycles. The molecule has 7 heteroatoms. The molecule has 0 spiro atoms. The maximum absolute atomic E-state index is 12.9. The summed E-state index contributed by atoms with van der Waals surface area (Å²) in [6.07, 6.45) is 0.788. The van der Waals surface area contributed by atoms with Gasteiger partial charge in [0.25, 0.3) is 0 Å². The van der Waals surface area contributed by atoms with Gasteiger partial charge in [-0.2, -0.15) is 11.8 Å². The summed E-state index contributed by atoms with van der Waals surface area (Å²) in [5.41, 5.74) is 6.48. The second-order valence-corrected chi connectivity index (χ2v) is 9.76. The fourth-order valence-corrected chi connectivity index (χ4v) is 4.35. The quantitative estimate of drug-likeness (QED) is 0.708. The highest BCUT2D eigenvalue weighted by atomic mass is 32.2. The Kier molecular flexibility index (Phi) is 8.83.